The van der Waals surface area contributed by atoms with Gasteiger partial charge in [-0.05, 0) is 29.8 Å². The molecule has 1 amide bonds. The summed E-state index contributed by atoms with van der Waals surface area (Å²) in [7, 11) is 0. The number of amides is 1. The molecule has 1 aromatic carbocycles. The number of pyridine rings is 1. The van der Waals surface area contributed by atoms with Crippen LogP contribution in [0.4, 0.5) is 14.9 Å². The molecule has 2 aliphatic rings. The van der Waals surface area contributed by atoms with Crippen molar-refractivity contribution in [1.29, 1.82) is 0 Å². The van der Waals surface area contributed by atoms with E-state index in [-0.39, 0.29) is 19.2 Å². The molecule has 14 heteroatoms. The minimum absolute atomic E-state index is 0.249. The molecule has 0 N–H and O–H groups in total. The summed E-state index contributed by atoms with van der Waals surface area (Å²) in [6.45, 7) is 1.51. The Morgan fingerprint density at radius 2 is 2.19 bits per heavy atom. The normalized spacial score (nSPS) is 18.8. The van der Waals surface area contributed by atoms with Crippen molar-refractivity contribution >= 4 is 17.5 Å². The van der Waals surface area contributed by atoms with Gasteiger partial charge in [-0.1, -0.05) is 21.5 Å². The van der Waals surface area contributed by atoms with Crippen molar-refractivity contribution in [3.63, 3.8) is 0 Å². The minimum atomic E-state index is -0.540. The Hall–Kier alpha value is -4.55. The summed E-state index contributed by atoms with van der Waals surface area (Å²) in [4.78, 5) is 26.2. The zero-order valence-corrected chi connectivity index (χ0v) is 19.6. The Bertz CT molecular complexity index is 1330. The van der Waals surface area contributed by atoms with Crippen LogP contribution in [0.1, 0.15) is 12.1 Å². The van der Waals surface area contributed by atoms with Crippen LogP contribution in [0.15, 0.2) is 59.2 Å². The van der Waals surface area contributed by atoms with Crippen molar-refractivity contribution in [1.82, 2.24) is 20.0 Å². The molecule has 0 spiro atoms. The summed E-state index contributed by atoms with van der Waals surface area (Å²) in [5, 5.41) is 15.1. The second kappa shape index (κ2) is 11.0. The number of nitrogens with zero attached hydrogens (tertiary/aromatic N) is 9. The van der Waals surface area contributed by atoms with E-state index in [2.05, 4.69) is 30.5 Å². The van der Waals surface area contributed by atoms with Crippen LogP contribution in [0.3, 0.4) is 0 Å². The van der Waals surface area contributed by atoms with Crippen LogP contribution < -0.4 is 4.90 Å². The summed E-state index contributed by atoms with van der Waals surface area (Å²) in [6.07, 6.45) is 4.10. The summed E-state index contributed by atoms with van der Waals surface area (Å²) in [5.41, 5.74) is 10.9. The van der Waals surface area contributed by atoms with E-state index in [0.717, 1.165) is 0 Å². The van der Waals surface area contributed by atoms with Crippen LogP contribution in [0.5, 0.6) is 0 Å². The van der Waals surface area contributed by atoms with Crippen molar-refractivity contribution < 1.29 is 23.5 Å². The lowest BCUT2D eigenvalue weighted by Crippen LogP contribution is -2.26. The van der Waals surface area contributed by atoms with Gasteiger partial charge in [-0.3, -0.25) is 9.88 Å². The van der Waals surface area contributed by atoms with Gasteiger partial charge in [0.25, 0.3) is 0 Å². The molecule has 190 valence electrons. The van der Waals surface area contributed by atoms with E-state index in [9.17, 15) is 4.79 Å². The molecule has 37 heavy (non-hydrogen) atoms. The highest BCUT2D eigenvalue weighted by Gasteiger charge is 2.33. The van der Waals surface area contributed by atoms with E-state index in [0.29, 0.717) is 54.4 Å². The molecular formula is C23H22FN9O4. The maximum absolute atomic E-state index is 15.1. The van der Waals surface area contributed by atoms with Crippen LogP contribution in [-0.2, 0) is 20.9 Å². The molecule has 0 bridgehead atoms. The van der Waals surface area contributed by atoms with Crippen LogP contribution in [0, 0.1) is 5.82 Å². The molecule has 4 heterocycles. The minimum Gasteiger partial charge on any atom is -0.442 e. The van der Waals surface area contributed by atoms with Gasteiger partial charge in [-0.2, -0.15) is 0 Å². The van der Waals surface area contributed by atoms with Gasteiger partial charge in [0.2, 0.25) is 0 Å². The number of azide groups is 1. The topological polar surface area (TPSA) is 153 Å². The SMILES string of the molecule is [N-]=[N+]=NCCOC[C@@H]1CC(c2ccc(-c3ccc(N4C[C@H](Cn5ccnn5)OC4=O)cc3F)cn2)=NO1. The van der Waals surface area contributed by atoms with E-state index < -0.39 is 18.0 Å². The number of rotatable bonds is 10. The lowest BCUT2D eigenvalue weighted by molar-refractivity contribution is 0.00521. The van der Waals surface area contributed by atoms with Crippen LogP contribution in [0.25, 0.3) is 21.6 Å². The number of benzene rings is 1. The molecule has 0 unspecified atom stereocenters. The summed E-state index contributed by atoms with van der Waals surface area (Å²) >= 11 is 0. The fourth-order valence-electron chi connectivity index (χ4n) is 4.03. The van der Waals surface area contributed by atoms with Crippen molar-refractivity contribution in [2.24, 2.45) is 10.3 Å². The Morgan fingerprint density at radius 1 is 1.27 bits per heavy atom. The standard InChI is InChI=1S/C23H22FN9O4/c24-20-9-16(33-13-18(36-23(33)34)12-32-7-5-28-31-32)2-3-19(20)15-1-4-21(26-11-15)22-10-17(37-29-22)14-35-8-6-27-30-25/h1-5,7,9,11,17-18H,6,8,10,12-14H2/t17-,18-/m0/s1. The summed E-state index contributed by atoms with van der Waals surface area (Å²) in [6, 6.07) is 8.10. The largest absolute Gasteiger partial charge is 0.442 e. The molecule has 2 atom stereocenters. The molecule has 3 aromatic rings. The monoisotopic (exact) mass is 507 g/mol. The smallest absolute Gasteiger partial charge is 0.414 e. The number of halogens is 1. The molecule has 0 radical (unpaired) electrons. The van der Waals surface area contributed by atoms with Gasteiger partial charge < -0.3 is 14.3 Å². The Balaban J connectivity index is 1.19. The molecule has 13 nitrogen and oxygen atoms in total. The number of carbonyl (C=O) groups is 1. The first-order valence-electron chi connectivity index (χ1n) is 11.5. The number of hydrogen-bond acceptors (Lipinski definition) is 9. The van der Waals surface area contributed by atoms with Gasteiger partial charge in [0.05, 0.1) is 43.9 Å². The number of anilines is 1. The number of ether oxygens (including phenoxy) is 2. The average molecular weight is 507 g/mol. The predicted octanol–water partition coefficient (Wildman–Crippen LogP) is 3.32. The zero-order chi connectivity index (χ0) is 25.6. The van der Waals surface area contributed by atoms with Crippen LogP contribution in [-0.4, -0.2) is 70.3 Å². The van der Waals surface area contributed by atoms with E-state index >= 15 is 4.39 Å². The van der Waals surface area contributed by atoms with Gasteiger partial charge >= 0.3 is 6.09 Å². The summed E-state index contributed by atoms with van der Waals surface area (Å²) in [5.74, 6) is -0.487. The molecule has 2 aliphatic heterocycles. The Labute approximate surface area is 210 Å². The third kappa shape index (κ3) is 5.66. The van der Waals surface area contributed by atoms with E-state index in [1.54, 1.807) is 47.5 Å². The first-order chi connectivity index (χ1) is 18.1. The maximum atomic E-state index is 15.1. The van der Waals surface area contributed by atoms with Crippen molar-refractivity contribution in [3.05, 3.63) is 70.9 Å². The fourth-order valence-corrected chi connectivity index (χ4v) is 4.03. The number of hydrogen-bond donors (Lipinski definition) is 0. The van der Waals surface area contributed by atoms with Crippen LogP contribution in [0.2, 0.25) is 0 Å². The van der Waals surface area contributed by atoms with Gasteiger partial charge in [-0.15, -0.1) is 5.10 Å². The molecule has 0 aliphatic carbocycles. The van der Waals surface area contributed by atoms with E-state index in [1.165, 1.54) is 11.0 Å². The lowest BCUT2D eigenvalue weighted by Gasteiger charge is -2.14. The Morgan fingerprint density at radius 3 is 2.95 bits per heavy atom. The number of oxime groups is 1. The summed E-state index contributed by atoms with van der Waals surface area (Å²) < 4.78 is 27.4. The van der Waals surface area contributed by atoms with Crippen molar-refractivity contribution in [2.75, 3.05) is 31.2 Å². The Kier molecular flexibility index (Phi) is 7.19. The quantitative estimate of drug-likeness (QED) is 0.177. The van der Waals surface area contributed by atoms with Gasteiger partial charge in [0, 0.05) is 41.4 Å². The number of carbonyl (C=O) groups excluding carboxylic acids is 1. The number of aromatic nitrogens is 4. The average Bonchev–Trinajstić information content (AvgIpc) is 3.66. The van der Waals surface area contributed by atoms with Gasteiger partial charge in [0.1, 0.15) is 17.6 Å². The van der Waals surface area contributed by atoms with Crippen molar-refractivity contribution in [3.8, 4) is 11.1 Å². The van der Waals surface area contributed by atoms with Crippen molar-refractivity contribution in [2.45, 2.75) is 25.2 Å². The third-order valence-electron chi connectivity index (χ3n) is 5.81. The van der Waals surface area contributed by atoms with E-state index in [1.807, 2.05) is 0 Å². The lowest BCUT2D eigenvalue weighted by atomic mass is 10.0. The highest BCUT2D eigenvalue weighted by atomic mass is 19.1. The first-order valence-corrected chi connectivity index (χ1v) is 11.5. The third-order valence-corrected chi connectivity index (χ3v) is 5.81. The van der Waals surface area contributed by atoms with Gasteiger partial charge in [-0.25, -0.2) is 13.9 Å². The molecular weight excluding hydrogens is 485 g/mol. The first kappa shape index (κ1) is 24.2. The second-order valence-electron chi connectivity index (χ2n) is 8.34. The molecule has 0 saturated carbocycles. The molecule has 1 fully saturated rings. The van der Waals surface area contributed by atoms with E-state index in [4.69, 9.17) is 19.8 Å². The maximum Gasteiger partial charge on any atom is 0.414 e. The zero-order valence-electron chi connectivity index (χ0n) is 19.6. The highest BCUT2D eigenvalue weighted by Crippen LogP contribution is 2.29. The molecule has 2 aromatic heterocycles. The molecule has 1 saturated heterocycles. The number of cyclic esters (lactones) is 1. The molecule has 5 rings (SSSR count). The predicted molar refractivity (Wildman–Crippen MR) is 128 cm³/mol. The van der Waals surface area contributed by atoms with Crippen LogP contribution >= 0.6 is 0 Å². The fraction of sp³-hybridized carbons (Fsp3) is 0.348. The van der Waals surface area contributed by atoms with Gasteiger partial charge in [0.15, 0.2) is 6.10 Å². The second-order valence-corrected chi connectivity index (χ2v) is 8.34. The highest BCUT2D eigenvalue weighted by molar-refractivity contribution is 5.99.